The number of hydrogen-bond donors (Lipinski definition) is 3. The summed E-state index contributed by atoms with van der Waals surface area (Å²) in [5, 5.41) is 15.7. The molecular formula is C19H37N5O2. The molecule has 7 heteroatoms. The summed E-state index contributed by atoms with van der Waals surface area (Å²) >= 11 is 0. The molecule has 0 unspecified atom stereocenters. The van der Waals surface area contributed by atoms with Crippen LogP contribution in [0.4, 0.5) is 0 Å². The molecule has 150 valence electrons. The molecule has 0 aromatic heterocycles. The second-order valence-electron chi connectivity index (χ2n) is 7.47. The van der Waals surface area contributed by atoms with Gasteiger partial charge in [0, 0.05) is 52.7 Å². The zero-order chi connectivity index (χ0) is 18.8. The third-order valence-electron chi connectivity index (χ3n) is 5.45. The van der Waals surface area contributed by atoms with E-state index in [-0.39, 0.29) is 12.0 Å². The highest BCUT2D eigenvalue weighted by molar-refractivity contribution is 5.80. The lowest BCUT2D eigenvalue weighted by Gasteiger charge is -2.34. The molecule has 0 atom stereocenters. The summed E-state index contributed by atoms with van der Waals surface area (Å²) in [6.45, 7) is 8.82. The van der Waals surface area contributed by atoms with Crippen molar-refractivity contribution in [2.24, 2.45) is 10.9 Å². The van der Waals surface area contributed by atoms with Crippen molar-refractivity contribution in [3.63, 3.8) is 0 Å². The summed E-state index contributed by atoms with van der Waals surface area (Å²) in [5.41, 5.74) is 0. The molecule has 0 spiro atoms. The van der Waals surface area contributed by atoms with Gasteiger partial charge in [0.15, 0.2) is 5.96 Å². The number of likely N-dealkylation sites (tertiary alicyclic amines) is 2. The van der Waals surface area contributed by atoms with Crippen LogP contribution in [-0.4, -0.2) is 85.7 Å². The van der Waals surface area contributed by atoms with Crippen LogP contribution in [0, 0.1) is 5.92 Å². The number of rotatable bonds is 7. The number of hydrogen-bond acceptors (Lipinski definition) is 4. The Labute approximate surface area is 158 Å². The smallest absolute Gasteiger partial charge is 0.220 e. The maximum Gasteiger partial charge on any atom is 0.220 e. The van der Waals surface area contributed by atoms with E-state index in [4.69, 9.17) is 4.99 Å². The van der Waals surface area contributed by atoms with Gasteiger partial charge in [-0.1, -0.05) is 0 Å². The molecule has 1 amide bonds. The van der Waals surface area contributed by atoms with Gasteiger partial charge < -0.3 is 25.5 Å². The Morgan fingerprint density at radius 2 is 1.85 bits per heavy atom. The van der Waals surface area contributed by atoms with Gasteiger partial charge in [-0.2, -0.15) is 0 Å². The number of carbonyl (C=O) groups is 1. The number of carbonyl (C=O) groups excluding carboxylic acids is 1. The van der Waals surface area contributed by atoms with Crippen molar-refractivity contribution in [1.82, 2.24) is 20.4 Å². The molecule has 0 saturated carbocycles. The summed E-state index contributed by atoms with van der Waals surface area (Å²) < 4.78 is 0. The van der Waals surface area contributed by atoms with E-state index >= 15 is 0 Å². The zero-order valence-electron chi connectivity index (χ0n) is 16.5. The van der Waals surface area contributed by atoms with Crippen molar-refractivity contribution in [2.75, 3.05) is 52.9 Å². The van der Waals surface area contributed by atoms with Gasteiger partial charge in [0.05, 0.1) is 6.10 Å². The molecule has 7 nitrogen and oxygen atoms in total. The second-order valence-corrected chi connectivity index (χ2v) is 7.47. The first kappa shape index (κ1) is 21.0. The fraction of sp³-hybridized carbons (Fsp3) is 0.895. The number of nitrogens with one attached hydrogen (secondary N) is 2. The molecule has 0 radical (unpaired) electrons. The minimum Gasteiger partial charge on any atom is -0.393 e. The van der Waals surface area contributed by atoms with Crippen LogP contribution in [0.2, 0.25) is 0 Å². The summed E-state index contributed by atoms with van der Waals surface area (Å²) in [6.07, 6.45) is 5.49. The van der Waals surface area contributed by atoms with Gasteiger partial charge in [-0.3, -0.25) is 9.79 Å². The van der Waals surface area contributed by atoms with Crippen LogP contribution < -0.4 is 10.6 Å². The van der Waals surface area contributed by atoms with Crippen LogP contribution in [0.25, 0.3) is 0 Å². The van der Waals surface area contributed by atoms with E-state index in [9.17, 15) is 9.90 Å². The number of aliphatic hydroxyl groups is 1. The summed E-state index contributed by atoms with van der Waals surface area (Å²) in [5.74, 6) is 1.65. The minimum absolute atomic E-state index is 0.101. The zero-order valence-corrected chi connectivity index (χ0v) is 16.5. The largest absolute Gasteiger partial charge is 0.393 e. The summed E-state index contributed by atoms with van der Waals surface area (Å²) in [6, 6.07) is 0. The van der Waals surface area contributed by atoms with Crippen molar-refractivity contribution >= 4 is 11.9 Å². The van der Waals surface area contributed by atoms with Crippen LogP contribution in [0.5, 0.6) is 0 Å². The average molecular weight is 368 g/mol. The van der Waals surface area contributed by atoms with E-state index in [1.54, 1.807) is 7.05 Å². The van der Waals surface area contributed by atoms with Crippen LogP contribution in [-0.2, 0) is 4.79 Å². The van der Waals surface area contributed by atoms with Gasteiger partial charge in [-0.05, 0) is 51.5 Å². The molecule has 0 aromatic carbocycles. The van der Waals surface area contributed by atoms with Crippen LogP contribution >= 0.6 is 0 Å². The Morgan fingerprint density at radius 3 is 2.46 bits per heavy atom. The van der Waals surface area contributed by atoms with E-state index in [2.05, 4.69) is 27.4 Å². The molecule has 3 N–H and O–H groups in total. The number of nitrogens with zero attached hydrogens (tertiary/aromatic N) is 3. The van der Waals surface area contributed by atoms with Gasteiger partial charge in [-0.15, -0.1) is 0 Å². The van der Waals surface area contributed by atoms with Gasteiger partial charge in [-0.25, -0.2) is 0 Å². The maximum absolute atomic E-state index is 11.5. The van der Waals surface area contributed by atoms with E-state index in [1.165, 1.54) is 0 Å². The lowest BCUT2D eigenvalue weighted by Crippen LogP contribution is -2.46. The van der Waals surface area contributed by atoms with E-state index in [0.717, 1.165) is 83.9 Å². The lowest BCUT2D eigenvalue weighted by molar-refractivity contribution is -0.121. The fourth-order valence-corrected chi connectivity index (χ4v) is 3.76. The van der Waals surface area contributed by atoms with Crippen molar-refractivity contribution in [2.45, 2.75) is 51.6 Å². The highest BCUT2D eigenvalue weighted by Gasteiger charge is 2.23. The normalized spacial score (nSPS) is 21.0. The molecule has 2 aliphatic rings. The third kappa shape index (κ3) is 7.11. The Hall–Kier alpha value is -1.34. The van der Waals surface area contributed by atoms with Gasteiger partial charge in [0.2, 0.25) is 5.91 Å². The number of aliphatic hydroxyl groups excluding tert-OH is 1. The van der Waals surface area contributed by atoms with Gasteiger partial charge in [0.25, 0.3) is 0 Å². The topological polar surface area (TPSA) is 80.2 Å². The van der Waals surface area contributed by atoms with Crippen LogP contribution in [0.15, 0.2) is 4.99 Å². The monoisotopic (exact) mass is 367 g/mol. The Kier molecular flexibility index (Phi) is 9.18. The minimum atomic E-state index is -0.101. The Balaban J connectivity index is 1.71. The molecule has 2 rings (SSSR count). The van der Waals surface area contributed by atoms with E-state index in [1.807, 2.05) is 0 Å². The van der Waals surface area contributed by atoms with E-state index < -0.39 is 0 Å². The molecular weight excluding hydrogens is 330 g/mol. The quantitative estimate of drug-likeness (QED) is 0.350. The molecule has 26 heavy (non-hydrogen) atoms. The summed E-state index contributed by atoms with van der Waals surface area (Å²) in [4.78, 5) is 21.1. The molecule has 0 aliphatic carbocycles. The first-order valence-electron chi connectivity index (χ1n) is 10.3. The number of piperidine rings is 2. The lowest BCUT2D eigenvalue weighted by atomic mass is 9.93. The first-order chi connectivity index (χ1) is 12.6. The van der Waals surface area contributed by atoms with Crippen molar-refractivity contribution in [3.05, 3.63) is 0 Å². The summed E-state index contributed by atoms with van der Waals surface area (Å²) in [7, 11) is 1.71. The molecule has 0 bridgehead atoms. The number of amides is 1. The third-order valence-corrected chi connectivity index (χ3v) is 5.45. The highest BCUT2D eigenvalue weighted by atomic mass is 16.3. The fourth-order valence-electron chi connectivity index (χ4n) is 3.76. The molecule has 2 aliphatic heterocycles. The molecule has 2 saturated heterocycles. The molecule has 0 aromatic rings. The Bertz CT molecular complexity index is 441. The number of guanidine groups is 1. The maximum atomic E-state index is 11.5. The van der Waals surface area contributed by atoms with Crippen molar-refractivity contribution in [3.8, 4) is 0 Å². The van der Waals surface area contributed by atoms with Crippen molar-refractivity contribution < 1.29 is 9.90 Å². The van der Waals surface area contributed by atoms with Crippen molar-refractivity contribution in [1.29, 1.82) is 0 Å². The molecule has 2 heterocycles. The first-order valence-corrected chi connectivity index (χ1v) is 10.3. The predicted octanol–water partition coefficient (Wildman–Crippen LogP) is 0.647. The second kappa shape index (κ2) is 11.4. The highest BCUT2D eigenvalue weighted by Crippen LogP contribution is 2.20. The predicted molar refractivity (Wildman–Crippen MR) is 105 cm³/mol. The Morgan fingerprint density at radius 1 is 1.15 bits per heavy atom. The van der Waals surface area contributed by atoms with Gasteiger partial charge in [0.1, 0.15) is 0 Å². The molecule has 2 fully saturated rings. The standard InChI is InChI=1S/C19H37N5O2/c1-3-21-19(22-9-4-10-23-11-7-17(25)8-12-23)24-13-5-16(6-14-24)15-18(26)20-2/h16-17,25H,3-15H2,1-2H3,(H,20,26)(H,21,22). The van der Waals surface area contributed by atoms with Crippen LogP contribution in [0.1, 0.15) is 45.4 Å². The average Bonchev–Trinajstić information content (AvgIpc) is 2.66. The number of aliphatic imine (C=N–C) groups is 1. The SMILES string of the molecule is CCNC(=NCCCN1CCC(O)CC1)N1CCC(CC(=O)NC)CC1. The van der Waals surface area contributed by atoms with E-state index in [0.29, 0.717) is 12.3 Å². The van der Waals surface area contributed by atoms with Crippen LogP contribution in [0.3, 0.4) is 0 Å². The van der Waals surface area contributed by atoms with Gasteiger partial charge >= 0.3 is 0 Å².